The van der Waals surface area contributed by atoms with Crippen molar-refractivity contribution in [1.29, 1.82) is 0 Å². The maximum atomic E-state index is 12.6. The highest BCUT2D eigenvalue weighted by Crippen LogP contribution is 2.23. The molecule has 1 amide bonds. The van der Waals surface area contributed by atoms with Gasteiger partial charge in [-0.15, -0.1) is 0 Å². The lowest BCUT2D eigenvalue weighted by molar-refractivity contribution is -0.384. The molecule has 0 unspecified atom stereocenters. The molecule has 0 bridgehead atoms. The van der Waals surface area contributed by atoms with Gasteiger partial charge in [-0.1, -0.05) is 29.8 Å². The molecule has 0 saturated heterocycles. The monoisotopic (exact) mass is 397 g/mol. The molecule has 0 saturated carbocycles. The van der Waals surface area contributed by atoms with Crippen LogP contribution in [0, 0.1) is 17.0 Å². The zero-order valence-electron chi connectivity index (χ0n) is 14.9. The summed E-state index contributed by atoms with van der Waals surface area (Å²) >= 11 is 6.07. The second-order valence-electron chi connectivity index (χ2n) is 6.18. The fourth-order valence-corrected chi connectivity index (χ4v) is 2.87. The van der Waals surface area contributed by atoms with E-state index in [2.05, 4.69) is 5.32 Å². The molecule has 3 aromatic rings. The van der Waals surface area contributed by atoms with Gasteiger partial charge in [0.15, 0.2) is 0 Å². The zero-order chi connectivity index (χ0) is 20.3. The Labute approximate surface area is 165 Å². The Morgan fingerprint density at radius 1 is 1.18 bits per heavy atom. The Morgan fingerprint density at radius 3 is 2.68 bits per heavy atom. The number of rotatable bonds is 5. The van der Waals surface area contributed by atoms with E-state index in [1.807, 2.05) is 0 Å². The van der Waals surface area contributed by atoms with Crippen LogP contribution in [0.1, 0.15) is 21.5 Å². The number of carbonyl (C=O) groups is 1. The summed E-state index contributed by atoms with van der Waals surface area (Å²) in [5.41, 5.74) is 1.80. The quantitative estimate of drug-likeness (QED) is 0.519. The lowest BCUT2D eigenvalue weighted by atomic mass is 10.1. The lowest BCUT2D eigenvalue weighted by Gasteiger charge is -2.11. The SMILES string of the molecule is Cc1c(Cl)cccc1NC(=O)c1ccc(=O)n(Cc2cccc([N+](=O)[O-])c2)c1. The Hall–Kier alpha value is -3.45. The van der Waals surface area contributed by atoms with Crippen LogP contribution in [0.5, 0.6) is 0 Å². The van der Waals surface area contributed by atoms with Gasteiger partial charge in [0.1, 0.15) is 0 Å². The van der Waals surface area contributed by atoms with Gasteiger partial charge in [-0.25, -0.2) is 0 Å². The molecular formula is C20H16ClN3O4. The van der Waals surface area contributed by atoms with Crippen molar-refractivity contribution in [2.45, 2.75) is 13.5 Å². The first-order valence-electron chi connectivity index (χ1n) is 8.35. The number of nitrogens with zero attached hydrogens (tertiary/aromatic N) is 2. The van der Waals surface area contributed by atoms with Crippen LogP contribution in [0.2, 0.25) is 5.02 Å². The van der Waals surface area contributed by atoms with Gasteiger partial charge in [0.25, 0.3) is 17.2 Å². The van der Waals surface area contributed by atoms with Crippen molar-refractivity contribution in [2.24, 2.45) is 0 Å². The lowest BCUT2D eigenvalue weighted by Crippen LogP contribution is -2.22. The number of nitro groups is 1. The van der Waals surface area contributed by atoms with E-state index in [9.17, 15) is 19.7 Å². The highest BCUT2D eigenvalue weighted by Gasteiger charge is 2.12. The molecule has 3 rings (SSSR count). The van der Waals surface area contributed by atoms with Crippen molar-refractivity contribution in [1.82, 2.24) is 4.57 Å². The number of halogens is 1. The number of non-ortho nitro benzene ring substituents is 1. The van der Waals surface area contributed by atoms with Crippen molar-refractivity contribution in [3.05, 3.63) is 103 Å². The fourth-order valence-electron chi connectivity index (χ4n) is 2.69. The molecule has 2 aromatic carbocycles. The van der Waals surface area contributed by atoms with Crippen LogP contribution >= 0.6 is 11.6 Å². The topological polar surface area (TPSA) is 94.2 Å². The molecule has 142 valence electrons. The van der Waals surface area contributed by atoms with Gasteiger partial charge >= 0.3 is 0 Å². The van der Waals surface area contributed by atoms with Crippen molar-refractivity contribution in [3.63, 3.8) is 0 Å². The summed E-state index contributed by atoms with van der Waals surface area (Å²) in [5, 5.41) is 14.2. The summed E-state index contributed by atoms with van der Waals surface area (Å²) in [4.78, 5) is 35.2. The van der Waals surface area contributed by atoms with E-state index >= 15 is 0 Å². The molecule has 1 aromatic heterocycles. The molecule has 0 spiro atoms. The molecule has 0 aliphatic rings. The molecule has 0 radical (unpaired) electrons. The number of amides is 1. The number of hydrogen-bond acceptors (Lipinski definition) is 4. The van der Waals surface area contributed by atoms with Crippen LogP contribution in [-0.4, -0.2) is 15.4 Å². The van der Waals surface area contributed by atoms with E-state index in [-0.39, 0.29) is 23.4 Å². The summed E-state index contributed by atoms with van der Waals surface area (Å²) in [6.45, 7) is 1.90. The number of anilines is 1. The smallest absolute Gasteiger partial charge is 0.269 e. The molecule has 0 aliphatic carbocycles. The van der Waals surface area contributed by atoms with Gasteiger partial charge < -0.3 is 9.88 Å². The van der Waals surface area contributed by atoms with Crippen LogP contribution in [0.3, 0.4) is 0 Å². The third-order valence-electron chi connectivity index (χ3n) is 4.24. The minimum absolute atomic E-state index is 0.0594. The van der Waals surface area contributed by atoms with Crippen LogP contribution in [0.4, 0.5) is 11.4 Å². The predicted molar refractivity (Wildman–Crippen MR) is 107 cm³/mol. The Balaban J connectivity index is 1.86. The van der Waals surface area contributed by atoms with Crippen LogP contribution in [0.25, 0.3) is 0 Å². The third kappa shape index (κ3) is 4.27. The second-order valence-corrected chi connectivity index (χ2v) is 6.58. The summed E-state index contributed by atoms with van der Waals surface area (Å²) < 4.78 is 1.33. The van der Waals surface area contributed by atoms with Crippen molar-refractivity contribution < 1.29 is 9.72 Å². The number of nitro benzene ring substituents is 1. The number of carbonyl (C=O) groups excluding carboxylic acids is 1. The maximum absolute atomic E-state index is 12.6. The zero-order valence-corrected chi connectivity index (χ0v) is 15.6. The molecule has 0 fully saturated rings. The molecule has 1 heterocycles. The van der Waals surface area contributed by atoms with Crippen LogP contribution in [0.15, 0.2) is 65.6 Å². The Bertz CT molecular complexity index is 1120. The molecule has 7 nitrogen and oxygen atoms in total. The highest BCUT2D eigenvalue weighted by atomic mass is 35.5. The van der Waals surface area contributed by atoms with Gasteiger partial charge in [0.2, 0.25) is 0 Å². The summed E-state index contributed by atoms with van der Waals surface area (Å²) in [5.74, 6) is -0.391. The first-order valence-corrected chi connectivity index (χ1v) is 8.73. The van der Waals surface area contributed by atoms with Gasteiger partial charge in [0, 0.05) is 35.1 Å². The van der Waals surface area contributed by atoms with Crippen LogP contribution in [-0.2, 0) is 6.54 Å². The van der Waals surface area contributed by atoms with Gasteiger partial charge in [-0.2, -0.15) is 0 Å². The van der Waals surface area contributed by atoms with Crippen molar-refractivity contribution in [2.75, 3.05) is 5.32 Å². The first-order chi connectivity index (χ1) is 13.3. The van der Waals surface area contributed by atoms with E-state index in [0.29, 0.717) is 16.3 Å². The average molecular weight is 398 g/mol. The Morgan fingerprint density at radius 2 is 1.93 bits per heavy atom. The van der Waals surface area contributed by atoms with E-state index < -0.39 is 10.8 Å². The first kappa shape index (κ1) is 19.3. The Kier molecular flexibility index (Phi) is 5.56. The third-order valence-corrected chi connectivity index (χ3v) is 4.65. The van der Waals surface area contributed by atoms with Crippen LogP contribution < -0.4 is 10.9 Å². The number of hydrogen-bond donors (Lipinski definition) is 1. The number of nitrogens with one attached hydrogen (secondary N) is 1. The largest absolute Gasteiger partial charge is 0.322 e. The second kappa shape index (κ2) is 8.06. The molecule has 0 atom stereocenters. The van der Waals surface area contributed by atoms with E-state index in [0.717, 1.165) is 5.56 Å². The molecule has 0 aliphatic heterocycles. The van der Waals surface area contributed by atoms with E-state index in [1.54, 1.807) is 37.3 Å². The molecular weight excluding hydrogens is 382 g/mol. The number of aromatic nitrogens is 1. The minimum atomic E-state index is -0.497. The van der Waals surface area contributed by atoms with Gasteiger partial charge in [0.05, 0.1) is 17.0 Å². The fraction of sp³-hybridized carbons (Fsp3) is 0.100. The normalized spacial score (nSPS) is 10.5. The molecule has 28 heavy (non-hydrogen) atoms. The molecule has 8 heteroatoms. The number of pyridine rings is 1. The van der Waals surface area contributed by atoms with E-state index in [4.69, 9.17) is 11.6 Å². The predicted octanol–water partition coefficient (Wildman–Crippen LogP) is 4.02. The molecule has 1 N–H and O–H groups in total. The summed E-state index contributed by atoms with van der Waals surface area (Å²) in [6, 6.07) is 13.9. The average Bonchev–Trinajstić information content (AvgIpc) is 2.67. The van der Waals surface area contributed by atoms with E-state index in [1.165, 1.54) is 35.0 Å². The van der Waals surface area contributed by atoms with Crippen molar-refractivity contribution >= 4 is 28.9 Å². The highest BCUT2D eigenvalue weighted by molar-refractivity contribution is 6.31. The summed E-state index contributed by atoms with van der Waals surface area (Å²) in [6.07, 6.45) is 1.43. The number of benzene rings is 2. The standard InChI is InChI=1S/C20H16ClN3O4/c1-13-17(21)6-3-7-18(13)22-20(26)15-8-9-19(25)23(12-15)11-14-4-2-5-16(10-14)24(27)28/h2-10,12H,11H2,1H3,(H,22,26). The van der Waals surface area contributed by atoms with Crippen molar-refractivity contribution in [3.8, 4) is 0 Å². The minimum Gasteiger partial charge on any atom is -0.322 e. The maximum Gasteiger partial charge on any atom is 0.269 e. The van der Waals surface area contributed by atoms with Gasteiger partial charge in [-0.3, -0.25) is 19.7 Å². The van der Waals surface area contributed by atoms with Gasteiger partial charge in [-0.05, 0) is 36.2 Å². The summed E-state index contributed by atoms with van der Waals surface area (Å²) in [7, 11) is 0.